The van der Waals surface area contributed by atoms with Crippen LogP contribution in [0.15, 0.2) is 27.6 Å². The zero-order chi connectivity index (χ0) is 18.6. The second-order valence-electron chi connectivity index (χ2n) is 5.11. The third-order valence-corrected chi connectivity index (χ3v) is 4.90. The average Bonchev–Trinajstić information content (AvgIpc) is 2.90. The highest BCUT2D eigenvalue weighted by Crippen LogP contribution is 2.19. The molecule has 0 atom stereocenters. The minimum Gasteiger partial charge on any atom is -0.494 e. The number of hydrogen-bond donors (Lipinski definition) is 1. The maximum absolute atomic E-state index is 13.5. The standard InChI is InChI=1S/C15H17FN2O6S/c1-9-15(10(2)24-18-9)25(20,21)17-7-14(19)23-8-11-4-5-13(22-3)12(16)6-11/h4-6,17H,7-8H2,1-3H3. The number of halogens is 1. The molecule has 10 heteroatoms. The van der Waals surface area contributed by atoms with Crippen molar-refractivity contribution in [1.82, 2.24) is 9.88 Å². The molecule has 0 spiro atoms. The fraction of sp³-hybridized carbons (Fsp3) is 0.333. The quantitative estimate of drug-likeness (QED) is 0.733. The van der Waals surface area contributed by atoms with Crippen molar-refractivity contribution >= 4 is 16.0 Å². The van der Waals surface area contributed by atoms with Gasteiger partial charge in [0.25, 0.3) is 0 Å². The van der Waals surface area contributed by atoms with E-state index in [0.29, 0.717) is 5.56 Å². The summed E-state index contributed by atoms with van der Waals surface area (Å²) in [6, 6.07) is 4.10. The number of hydrogen-bond acceptors (Lipinski definition) is 7. The number of methoxy groups -OCH3 is 1. The van der Waals surface area contributed by atoms with E-state index in [4.69, 9.17) is 14.0 Å². The minimum absolute atomic E-state index is 0.0716. The molecule has 0 radical (unpaired) electrons. The number of nitrogens with zero attached hydrogens (tertiary/aromatic N) is 1. The highest BCUT2D eigenvalue weighted by molar-refractivity contribution is 7.89. The average molecular weight is 372 g/mol. The second-order valence-corrected chi connectivity index (χ2v) is 6.81. The van der Waals surface area contributed by atoms with Crippen molar-refractivity contribution in [3.05, 3.63) is 41.0 Å². The second kappa shape index (κ2) is 7.62. The molecule has 0 aliphatic heterocycles. The molecule has 25 heavy (non-hydrogen) atoms. The van der Waals surface area contributed by atoms with Gasteiger partial charge in [-0.1, -0.05) is 11.2 Å². The number of benzene rings is 1. The van der Waals surface area contributed by atoms with E-state index in [1.54, 1.807) is 0 Å². The van der Waals surface area contributed by atoms with Crippen molar-refractivity contribution in [2.75, 3.05) is 13.7 Å². The number of ether oxygens (including phenoxy) is 2. The Kier molecular flexibility index (Phi) is 5.75. The van der Waals surface area contributed by atoms with Crippen LogP contribution in [0.3, 0.4) is 0 Å². The lowest BCUT2D eigenvalue weighted by atomic mass is 10.2. The van der Waals surface area contributed by atoms with Crippen LogP contribution < -0.4 is 9.46 Å². The molecule has 1 N–H and O–H groups in total. The summed E-state index contributed by atoms with van der Waals surface area (Å²) in [5, 5.41) is 3.55. The Morgan fingerprint density at radius 2 is 2.08 bits per heavy atom. The van der Waals surface area contributed by atoms with Crippen LogP contribution in [0.4, 0.5) is 4.39 Å². The molecular weight excluding hydrogens is 355 g/mol. The number of carbonyl (C=O) groups is 1. The van der Waals surface area contributed by atoms with Gasteiger partial charge in [-0.15, -0.1) is 0 Å². The van der Waals surface area contributed by atoms with Gasteiger partial charge in [0.05, 0.1) is 7.11 Å². The number of sulfonamides is 1. The summed E-state index contributed by atoms with van der Waals surface area (Å²) in [5.41, 5.74) is 0.590. The minimum atomic E-state index is -3.96. The molecule has 136 valence electrons. The van der Waals surface area contributed by atoms with Gasteiger partial charge in [-0.25, -0.2) is 12.8 Å². The highest BCUT2D eigenvalue weighted by Gasteiger charge is 2.24. The SMILES string of the molecule is COc1ccc(COC(=O)CNS(=O)(=O)c2c(C)noc2C)cc1F. The molecule has 2 rings (SSSR count). The summed E-state index contributed by atoms with van der Waals surface area (Å²) in [5.74, 6) is -1.21. The lowest BCUT2D eigenvalue weighted by Gasteiger charge is -2.08. The van der Waals surface area contributed by atoms with Crippen molar-refractivity contribution in [3.8, 4) is 5.75 Å². The highest BCUT2D eigenvalue weighted by atomic mass is 32.2. The van der Waals surface area contributed by atoms with Crippen molar-refractivity contribution < 1.29 is 31.6 Å². The first kappa shape index (κ1) is 18.9. The topological polar surface area (TPSA) is 108 Å². The van der Waals surface area contributed by atoms with Gasteiger partial charge in [-0.3, -0.25) is 4.79 Å². The van der Waals surface area contributed by atoms with E-state index in [2.05, 4.69) is 9.88 Å². The van der Waals surface area contributed by atoms with Crippen LogP contribution in [0.5, 0.6) is 5.75 Å². The smallest absolute Gasteiger partial charge is 0.321 e. The van der Waals surface area contributed by atoms with Crippen LogP contribution in [0.1, 0.15) is 17.0 Å². The van der Waals surface area contributed by atoms with Gasteiger partial charge in [-0.2, -0.15) is 4.72 Å². The molecule has 1 heterocycles. The monoisotopic (exact) mass is 372 g/mol. The summed E-state index contributed by atoms with van der Waals surface area (Å²) >= 11 is 0. The Labute approximate surface area is 144 Å². The van der Waals surface area contributed by atoms with Gasteiger partial charge in [0, 0.05) is 0 Å². The summed E-state index contributed by atoms with van der Waals surface area (Å²) in [6.45, 7) is 2.14. The Morgan fingerprint density at radius 3 is 2.64 bits per heavy atom. The Bertz CT molecular complexity index is 859. The van der Waals surface area contributed by atoms with E-state index in [0.717, 1.165) is 0 Å². The molecule has 0 fully saturated rings. The molecule has 8 nitrogen and oxygen atoms in total. The third kappa shape index (κ3) is 4.54. The Balaban J connectivity index is 1.92. The van der Waals surface area contributed by atoms with Crippen molar-refractivity contribution in [3.63, 3.8) is 0 Å². The van der Waals surface area contributed by atoms with E-state index in [1.807, 2.05) is 0 Å². The predicted octanol–water partition coefficient (Wildman–Crippen LogP) is 1.46. The van der Waals surface area contributed by atoms with Crippen LogP contribution >= 0.6 is 0 Å². The molecular formula is C15H17FN2O6S. The van der Waals surface area contributed by atoms with E-state index >= 15 is 0 Å². The summed E-state index contributed by atoms with van der Waals surface area (Å²) in [7, 11) is -2.62. The molecule has 2 aromatic rings. The van der Waals surface area contributed by atoms with Crippen LogP contribution in [-0.2, 0) is 26.2 Å². The molecule has 0 bridgehead atoms. The number of carbonyl (C=O) groups excluding carboxylic acids is 1. The fourth-order valence-electron chi connectivity index (χ4n) is 2.10. The van der Waals surface area contributed by atoms with Crippen molar-refractivity contribution in [1.29, 1.82) is 0 Å². The van der Waals surface area contributed by atoms with Gasteiger partial charge in [0.15, 0.2) is 17.3 Å². The number of aryl methyl sites for hydroxylation is 2. The number of rotatable bonds is 7. The zero-order valence-corrected chi connectivity index (χ0v) is 14.6. The molecule has 0 unspecified atom stereocenters. The van der Waals surface area contributed by atoms with E-state index in [9.17, 15) is 17.6 Å². The number of nitrogens with one attached hydrogen (secondary N) is 1. The first-order valence-electron chi connectivity index (χ1n) is 7.15. The molecule has 0 amide bonds. The maximum Gasteiger partial charge on any atom is 0.321 e. The van der Waals surface area contributed by atoms with E-state index in [1.165, 1.54) is 39.2 Å². The van der Waals surface area contributed by atoms with Gasteiger partial charge in [0.1, 0.15) is 23.7 Å². The van der Waals surface area contributed by atoms with Crippen LogP contribution in [-0.4, -0.2) is 33.2 Å². The lowest BCUT2D eigenvalue weighted by Crippen LogP contribution is -2.31. The van der Waals surface area contributed by atoms with Gasteiger partial charge in [-0.05, 0) is 31.5 Å². The van der Waals surface area contributed by atoms with Crippen LogP contribution in [0, 0.1) is 19.7 Å². The first-order valence-corrected chi connectivity index (χ1v) is 8.63. The van der Waals surface area contributed by atoms with E-state index < -0.39 is 28.4 Å². The van der Waals surface area contributed by atoms with Crippen LogP contribution in [0.2, 0.25) is 0 Å². The van der Waals surface area contributed by atoms with E-state index in [-0.39, 0.29) is 28.7 Å². The lowest BCUT2D eigenvalue weighted by molar-refractivity contribution is -0.143. The van der Waals surface area contributed by atoms with Gasteiger partial charge >= 0.3 is 5.97 Å². The Morgan fingerprint density at radius 1 is 1.36 bits per heavy atom. The first-order chi connectivity index (χ1) is 11.7. The molecule has 0 aliphatic rings. The zero-order valence-electron chi connectivity index (χ0n) is 13.8. The molecule has 0 saturated carbocycles. The van der Waals surface area contributed by atoms with Crippen molar-refractivity contribution in [2.24, 2.45) is 0 Å². The Hall–Kier alpha value is -2.46. The largest absolute Gasteiger partial charge is 0.494 e. The summed E-state index contributed by atoms with van der Waals surface area (Å²) < 4.78 is 54.4. The molecule has 1 aromatic heterocycles. The normalized spacial score (nSPS) is 11.4. The summed E-state index contributed by atoms with van der Waals surface area (Å²) in [6.07, 6.45) is 0. The molecule has 1 aromatic carbocycles. The third-order valence-electron chi connectivity index (χ3n) is 3.26. The molecule has 0 saturated heterocycles. The fourth-order valence-corrected chi connectivity index (χ4v) is 3.39. The van der Waals surface area contributed by atoms with Gasteiger partial charge in [0.2, 0.25) is 10.0 Å². The summed E-state index contributed by atoms with van der Waals surface area (Å²) in [4.78, 5) is 11.6. The predicted molar refractivity (Wildman–Crippen MR) is 83.9 cm³/mol. The van der Waals surface area contributed by atoms with Gasteiger partial charge < -0.3 is 14.0 Å². The maximum atomic E-state index is 13.5. The number of esters is 1. The molecule has 0 aliphatic carbocycles. The number of aromatic nitrogens is 1. The van der Waals surface area contributed by atoms with Crippen molar-refractivity contribution in [2.45, 2.75) is 25.3 Å². The van der Waals surface area contributed by atoms with Crippen LogP contribution in [0.25, 0.3) is 0 Å².